The molecule has 0 amide bonds. The lowest BCUT2D eigenvalue weighted by molar-refractivity contribution is 0.176. The molecule has 0 spiro atoms. The Balaban J connectivity index is 1.55. The largest absolute Gasteiger partial charge is 0.492 e. The summed E-state index contributed by atoms with van der Waals surface area (Å²) in [5.41, 5.74) is 8.46. The fraction of sp³-hybridized carbons (Fsp3) is 0.382. The molecular weight excluding hydrogens is 526 g/mol. The topological polar surface area (TPSA) is 74.4 Å². The minimum atomic E-state index is -0.0765. The summed E-state index contributed by atoms with van der Waals surface area (Å²) >= 11 is 0. The Kier molecular flexibility index (Phi) is 7.73. The van der Waals surface area contributed by atoms with E-state index >= 15 is 0 Å². The van der Waals surface area contributed by atoms with Gasteiger partial charge in [0.2, 0.25) is 0 Å². The second-order valence-corrected chi connectivity index (χ2v) is 11.3. The van der Waals surface area contributed by atoms with Gasteiger partial charge in [-0.15, -0.1) is 0 Å². The third-order valence-electron chi connectivity index (χ3n) is 8.68. The predicted octanol–water partition coefficient (Wildman–Crippen LogP) is 6.30. The Morgan fingerprint density at radius 2 is 1.86 bits per heavy atom. The summed E-state index contributed by atoms with van der Waals surface area (Å²) in [6.07, 6.45) is 13.7. The number of aromatic nitrogens is 4. The van der Waals surface area contributed by atoms with Crippen LogP contribution in [-0.4, -0.2) is 50.8 Å². The summed E-state index contributed by atoms with van der Waals surface area (Å²) < 4.78 is 14.8. The normalized spacial score (nSPS) is 17.7. The van der Waals surface area contributed by atoms with Crippen LogP contribution in [0.3, 0.4) is 0 Å². The molecule has 0 radical (unpaired) electrons. The SMILES string of the molecule is CCOc1cc(-c2ccc3ncc4c(c3c2)n(C2=C(C)C(C)CC=C(N3CCCC3)C=C2)c(=O)n4C)cnc1COC. The van der Waals surface area contributed by atoms with Gasteiger partial charge >= 0.3 is 5.69 Å². The van der Waals surface area contributed by atoms with E-state index in [4.69, 9.17) is 14.5 Å². The third kappa shape index (κ3) is 4.94. The lowest BCUT2D eigenvalue weighted by Gasteiger charge is -2.23. The maximum atomic E-state index is 14.0. The highest BCUT2D eigenvalue weighted by molar-refractivity contribution is 6.05. The molecule has 1 aromatic carbocycles. The number of nitrogens with zero attached hydrogens (tertiary/aromatic N) is 5. The number of imidazole rings is 1. The monoisotopic (exact) mass is 565 g/mol. The Hall–Kier alpha value is -4.17. The maximum absolute atomic E-state index is 14.0. The number of hydrogen-bond acceptors (Lipinski definition) is 6. The molecule has 4 heterocycles. The molecule has 3 aromatic heterocycles. The molecule has 8 heteroatoms. The van der Waals surface area contributed by atoms with E-state index in [9.17, 15) is 4.79 Å². The minimum Gasteiger partial charge on any atom is -0.492 e. The highest BCUT2D eigenvalue weighted by Crippen LogP contribution is 2.34. The number of methoxy groups -OCH3 is 1. The Morgan fingerprint density at radius 1 is 1.05 bits per heavy atom. The number of allylic oxidation sites excluding steroid dienone is 5. The number of ether oxygens (including phenoxy) is 2. The van der Waals surface area contributed by atoms with Gasteiger partial charge in [0.05, 0.1) is 41.7 Å². The lowest BCUT2D eigenvalue weighted by Crippen LogP contribution is -2.23. The molecule has 1 fully saturated rings. The van der Waals surface area contributed by atoms with Gasteiger partial charge in [-0.3, -0.25) is 19.1 Å². The molecule has 2 aliphatic rings. The van der Waals surface area contributed by atoms with Gasteiger partial charge < -0.3 is 14.4 Å². The van der Waals surface area contributed by atoms with Gasteiger partial charge in [0.1, 0.15) is 11.4 Å². The van der Waals surface area contributed by atoms with E-state index in [0.29, 0.717) is 24.9 Å². The van der Waals surface area contributed by atoms with E-state index in [0.717, 1.165) is 64.0 Å². The maximum Gasteiger partial charge on any atom is 0.333 e. The van der Waals surface area contributed by atoms with Gasteiger partial charge in [0.15, 0.2) is 0 Å². The van der Waals surface area contributed by atoms with Crippen LogP contribution < -0.4 is 10.4 Å². The first kappa shape index (κ1) is 28.0. The first-order valence-electron chi connectivity index (χ1n) is 14.9. The summed E-state index contributed by atoms with van der Waals surface area (Å²) in [5.74, 6) is 1.00. The minimum absolute atomic E-state index is 0.0765. The fourth-order valence-electron chi connectivity index (χ4n) is 6.11. The van der Waals surface area contributed by atoms with Crippen LogP contribution in [0.4, 0.5) is 0 Å². The number of rotatable bonds is 7. The zero-order chi connectivity index (χ0) is 29.4. The molecule has 6 rings (SSSR count). The molecule has 1 aliphatic carbocycles. The van der Waals surface area contributed by atoms with Gasteiger partial charge in [0, 0.05) is 50.1 Å². The van der Waals surface area contributed by atoms with Crippen molar-refractivity contribution in [1.29, 1.82) is 0 Å². The van der Waals surface area contributed by atoms with E-state index in [2.05, 4.69) is 48.0 Å². The molecule has 8 nitrogen and oxygen atoms in total. The van der Waals surface area contributed by atoms with E-state index in [1.54, 1.807) is 11.7 Å². The van der Waals surface area contributed by atoms with Gasteiger partial charge in [0.25, 0.3) is 0 Å². The molecular formula is C34H39N5O3. The van der Waals surface area contributed by atoms with Crippen molar-refractivity contribution in [2.24, 2.45) is 13.0 Å². The summed E-state index contributed by atoms with van der Waals surface area (Å²) in [6, 6.07) is 8.19. The van der Waals surface area contributed by atoms with E-state index in [-0.39, 0.29) is 5.69 Å². The van der Waals surface area contributed by atoms with Crippen LogP contribution in [0.1, 0.15) is 45.7 Å². The molecule has 0 saturated carbocycles. The smallest absolute Gasteiger partial charge is 0.333 e. The van der Waals surface area contributed by atoms with E-state index in [1.807, 2.05) is 49.1 Å². The predicted molar refractivity (Wildman–Crippen MR) is 168 cm³/mol. The van der Waals surface area contributed by atoms with Crippen LogP contribution in [0.25, 0.3) is 38.8 Å². The van der Waals surface area contributed by atoms with Crippen molar-refractivity contribution < 1.29 is 9.47 Å². The third-order valence-corrected chi connectivity index (χ3v) is 8.68. The van der Waals surface area contributed by atoms with Gasteiger partial charge in [-0.25, -0.2) is 4.79 Å². The van der Waals surface area contributed by atoms with Gasteiger partial charge in [-0.2, -0.15) is 0 Å². The highest BCUT2D eigenvalue weighted by atomic mass is 16.5. The molecule has 1 aliphatic heterocycles. The van der Waals surface area contributed by atoms with Crippen LogP contribution in [0.5, 0.6) is 5.75 Å². The summed E-state index contributed by atoms with van der Waals surface area (Å²) in [7, 11) is 3.48. The zero-order valence-electron chi connectivity index (χ0n) is 25.2. The number of likely N-dealkylation sites (tertiary alicyclic amines) is 1. The van der Waals surface area contributed by atoms with Crippen molar-refractivity contribution in [2.75, 3.05) is 26.8 Å². The standard InChI is InChI=1S/C34H39N5O3/c1-6-42-32-18-25(19-35-29(32)21-41-5)24-10-13-28-27(17-24)33-31(20-36-28)37(4)34(40)39(33)30-14-12-26(38-15-7-8-16-38)11-9-22(2)23(30)3/h10-14,17-20,22H,6-9,15-16,21H2,1-5H3. The second-order valence-electron chi connectivity index (χ2n) is 11.3. The lowest BCUT2D eigenvalue weighted by atomic mass is 9.94. The Labute approximate surface area is 246 Å². The van der Waals surface area contributed by atoms with Crippen LogP contribution in [0, 0.1) is 5.92 Å². The average Bonchev–Trinajstić information content (AvgIpc) is 3.62. The average molecular weight is 566 g/mol. The number of pyridine rings is 2. The van der Waals surface area contributed by atoms with Crippen molar-refractivity contribution in [3.63, 3.8) is 0 Å². The summed E-state index contributed by atoms with van der Waals surface area (Å²) in [5, 5.41) is 0.917. The van der Waals surface area contributed by atoms with Gasteiger partial charge in [-0.1, -0.05) is 19.1 Å². The van der Waals surface area contributed by atoms with E-state index < -0.39 is 0 Å². The van der Waals surface area contributed by atoms with Gasteiger partial charge in [-0.05, 0) is 80.5 Å². The van der Waals surface area contributed by atoms with Crippen LogP contribution in [0.2, 0.25) is 0 Å². The van der Waals surface area contributed by atoms with Crippen molar-refractivity contribution in [1.82, 2.24) is 24.0 Å². The number of hydrogen-bond donors (Lipinski definition) is 0. The van der Waals surface area contributed by atoms with Crippen molar-refractivity contribution in [3.05, 3.63) is 82.3 Å². The van der Waals surface area contributed by atoms with E-state index in [1.165, 1.54) is 24.1 Å². The van der Waals surface area contributed by atoms with Crippen molar-refractivity contribution in [2.45, 2.75) is 46.6 Å². The van der Waals surface area contributed by atoms with Crippen molar-refractivity contribution in [3.8, 4) is 16.9 Å². The molecule has 1 saturated heterocycles. The first-order chi connectivity index (χ1) is 20.4. The molecule has 1 atom stereocenters. The quantitative estimate of drug-likeness (QED) is 0.262. The molecule has 0 N–H and O–H groups in total. The van der Waals surface area contributed by atoms with Crippen LogP contribution in [-0.2, 0) is 18.4 Å². The molecule has 1 unspecified atom stereocenters. The Bertz CT molecular complexity index is 1800. The molecule has 0 bridgehead atoms. The number of aryl methyl sites for hydroxylation is 1. The molecule has 42 heavy (non-hydrogen) atoms. The second kappa shape index (κ2) is 11.6. The summed E-state index contributed by atoms with van der Waals surface area (Å²) in [4.78, 5) is 25.8. The molecule has 218 valence electrons. The number of benzene rings is 1. The van der Waals surface area contributed by atoms with Crippen LogP contribution in [0.15, 0.2) is 71.0 Å². The van der Waals surface area contributed by atoms with Crippen LogP contribution >= 0.6 is 0 Å². The first-order valence-corrected chi connectivity index (χ1v) is 14.9. The fourth-order valence-corrected chi connectivity index (χ4v) is 6.11. The zero-order valence-corrected chi connectivity index (χ0v) is 25.2. The molecule has 4 aromatic rings. The number of fused-ring (bicyclic) bond motifs is 3. The van der Waals surface area contributed by atoms with Crippen molar-refractivity contribution >= 4 is 27.6 Å². The highest BCUT2D eigenvalue weighted by Gasteiger charge is 2.22. The summed E-state index contributed by atoms with van der Waals surface area (Å²) in [6.45, 7) is 9.45. The Morgan fingerprint density at radius 3 is 2.62 bits per heavy atom.